The van der Waals surface area contributed by atoms with Crippen LogP contribution in [0.25, 0.3) is 0 Å². The molecule has 0 radical (unpaired) electrons. The van der Waals surface area contributed by atoms with Gasteiger partial charge in [-0.2, -0.15) is 0 Å². The Labute approximate surface area is 69.8 Å². The Hall–Kier alpha value is -1.09. The van der Waals surface area contributed by atoms with E-state index >= 15 is 0 Å². The summed E-state index contributed by atoms with van der Waals surface area (Å²) in [5, 5.41) is 10.4. The summed E-state index contributed by atoms with van der Waals surface area (Å²) in [6.07, 6.45) is 4.21. The minimum atomic E-state index is -0.539. The van der Waals surface area contributed by atoms with Crippen LogP contribution in [0.1, 0.15) is 6.92 Å². The van der Waals surface area contributed by atoms with Crippen molar-refractivity contribution in [2.75, 3.05) is 0 Å². The Morgan fingerprint density at radius 2 is 2.27 bits per heavy atom. The first-order valence-corrected chi connectivity index (χ1v) is 3.27. The second-order valence-corrected chi connectivity index (χ2v) is 2.34. The first-order chi connectivity index (χ1) is 5.09. The summed E-state index contributed by atoms with van der Waals surface area (Å²) >= 11 is 5.43. The van der Waals surface area contributed by atoms with Crippen LogP contribution in [0.5, 0.6) is 0 Å². The largest absolute Gasteiger partial charge is 0.283 e. The second-order valence-electron chi connectivity index (χ2n) is 1.77. The maximum Gasteiger partial charge on any atom is 0.283 e. The van der Waals surface area contributed by atoms with Crippen molar-refractivity contribution in [3.8, 4) is 0 Å². The maximum atomic E-state index is 10.2. The number of rotatable bonds is 3. The van der Waals surface area contributed by atoms with E-state index in [1.807, 2.05) is 0 Å². The Morgan fingerprint density at radius 1 is 1.73 bits per heavy atom. The zero-order valence-corrected chi connectivity index (χ0v) is 6.84. The molecule has 0 amide bonds. The Balaban J connectivity index is 4.64. The average Bonchev–Trinajstić information content (AvgIpc) is 1.87. The second kappa shape index (κ2) is 4.68. The molecule has 0 unspecified atom stereocenters. The van der Waals surface area contributed by atoms with Crippen LogP contribution in [0.15, 0.2) is 35.5 Å². The quantitative estimate of drug-likeness (QED) is 0.374. The van der Waals surface area contributed by atoms with Crippen LogP contribution in [0.2, 0.25) is 0 Å². The lowest BCUT2D eigenvalue weighted by molar-refractivity contribution is -0.419. The highest BCUT2D eigenvalue weighted by Crippen LogP contribution is 2.10. The molecule has 0 aliphatic heterocycles. The Kier molecular flexibility index (Phi) is 4.22. The van der Waals surface area contributed by atoms with Crippen LogP contribution in [0, 0.1) is 10.1 Å². The molecular weight excluding hydrogens is 166 g/mol. The van der Waals surface area contributed by atoms with Crippen LogP contribution in [-0.4, -0.2) is 4.92 Å². The summed E-state index contributed by atoms with van der Waals surface area (Å²) in [6, 6.07) is 0. The van der Waals surface area contributed by atoms with Gasteiger partial charge in [0.05, 0.1) is 9.96 Å². The summed E-state index contributed by atoms with van der Waals surface area (Å²) in [5.41, 5.74) is -0.105. The fourth-order valence-corrected chi connectivity index (χ4v) is 0.593. The van der Waals surface area contributed by atoms with Crippen LogP contribution in [0.4, 0.5) is 0 Å². The zero-order chi connectivity index (χ0) is 8.85. The number of nitro groups is 1. The molecule has 0 N–H and O–H groups in total. The van der Waals surface area contributed by atoms with Gasteiger partial charge in [0.25, 0.3) is 5.70 Å². The standard InChI is InChI=1S/C7H8ClNO2/c1-3-4-5-7(6(2)8)9(10)11/h3-5H,1H2,2H3/b5-4-,7-6-. The minimum Gasteiger partial charge on any atom is -0.258 e. The third-order valence-corrected chi connectivity index (χ3v) is 1.13. The van der Waals surface area contributed by atoms with Gasteiger partial charge in [0.15, 0.2) is 0 Å². The molecule has 0 aromatic rings. The fourth-order valence-electron chi connectivity index (χ4n) is 0.461. The van der Waals surface area contributed by atoms with Crippen molar-refractivity contribution < 1.29 is 4.92 Å². The van der Waals surface area contributed by atoms with E-state index in [1.165, 1.54) is 25.2 Å². The molecule has 11 heavy (non-hydrogen) atoms. The van der Waals surface area contributed by atoms with Crippen molar-refractivity contribution in [2.24, 2.45) is 0 Å². The van der Waals surface area contributed by atoms with Gasteiger partial charge in [0, 0.05) is 6.08 Å². The molecular formula is C7H8ClNO2. The van der Waals surface area contributed by atoms with Gasteiger partial charge in [-0.15, -0.1) is 0 Å². The molecule has 0 aromatic carbocycles. The van der Waals surface area contributed by atoms with E-state index in [9.17, 15) is 10.1 Å². The normalized spacial score (nSPS) is 12.9. The highest BCUT2D eigenvalue weighted by molar-refractivity contribution is 6.29. The molecule has 60 valence electrons. The van der Waals surface area contributed by atoms with Gasteiger partial charge in [0.2, 0.25) is 0 Å². The van der Waals surface area contributed by atoms with E-state index < -0.39 is 4.92 Å². The molecule has 0 saturated heterocycles. The molecule has 0 aliphatic carbocycles. The molecule has 0 aliphatic rings. The van der Waals surface area contributed by atoms with Crippen molar-refractivity contribution in [3.63, 3.8) is 0 Å². The Bertz CT molecular complexity index is 227. The van der Waals surface area contributed by atoms with Gasteiger partial charge in [-0.05, 0) is 6.92 Å². The van der Waals surface area contributed by atoms with Crippen molar-refractivity contribution in [2.45, 2.75) is 6.92 Å². The molecule has 3 nitrogen and oxygen atoms in total. The van der Waals surface area contributed by atoms with Crippen LogP contribution < -0.4 is 0 Å². The topological polar surface area (TPSA) is 43.1 Å². The molecule has 0 saturated carbocycles. The summed E-state index contributed by atoms with van der Waals surface area (Å²) in [7, 11) is 0. The van der Waals surface area contributed by atoms with Crippen LogP contribution in [0.3, 0.4) is 0 Å². The van der Waals surface area contributed by atoms with Crippen LogP contribution in [-0.2, 0) is 0 Å². The van der Waals surface area contributed by atoms with Gasteiger partial charge >= 0.3 is 0 Å². The van der Waals surface area contributed by atoms with E-state index in [0.717, 1.165) is 0 Å². The number of hydrogen-bond acceptors (Lipinski definition) is 2. The number of hydrogen-bond donors (Lipinski definition) is 0. The summed E-state index contributed by atoms with van der Waals surface area (Å²) < 4.78 is 0. The smallest absolute Gasteiger partial charge is 0.258 e. The van der Waals surface area contributed by atoms with Gasteiger partial charge in [-0.1, -0.05) is 30.3 Å². The first-order valence-electron chi connectivity index (χ1n) is 2.89. The van der Waals surface area contributed by atoms with Crippen molar-refractivity contribution in [3.05, 3.63) is 45.7 Å². The van der Waals surface area contributed by atoms with E-state index in [4.69, 9.17) is 11.6 Å². The van der Waals surface area contributed by atoms with E-state index in [1.54, 1.807) is 0 Å². The summed E-state index contributed by atoms with van der Waals surface area (Å²) in [4.78, 5) is 9.69. The van der Waals surface area contributed by atoms with Crippen molar-refractivity contribution in [1.29, 1.82) is 0 Å². The zero-order valence-electron chi connectivity index (χ0n) is 6.08. The highest BCUT2D eigenvalue weighted by atomic mass is 35.5. The molecule has 0 spiro atoms. The maximum absolute atomic E-state index is 10.2. The third-order valence-electron chi connectivity index (χ3n) is 0.940. The lowest BCUT2D eigenvalue weighted by atomic mass is 10.3. The predicted octanol–water partition coefficient (Wildman–Crippen LogP) is 2.48. The average molecular weight is 174 g/mol. The number of nitrogens with zero attached hydrogens (tertiary/aromatic N) is 1. The van der Waals surface area contributed by atoms with E-state index in [-0.39, 0.29) is 10.7 Å². The predicted molar refractivity (Wildman–Crippen MR) is 44.9 cm³/mol. The van der Waals surface area contributed by atoms with Crippen molar-refractivity contribution in [1.82, 2.24) is 0 Å². The molecule has 0 heterocycles. The summed E-state index contributed by atoms with van der Waals surface area (Å²) in [5.74, 6) is 0. The van der Waals surface area contributed by atoms with Gasteiger partial charge < -0.3 is 0 Å². The molecule has 0 rings (SSSR count). The van der Waals surface area contributed by atoms with E-state index in [0.29, 0.717) is 0 Å². The van der Waals surface area contributed by atoms with Gasteiger partial charge in [-0.25, -0.2) is 0 Å². The molecule has 0 aromatic heterocycles. The lowest BCUT2D eigenvalue weighted by Gasteiger charge is -1.90. The minimum absolute atomic E-state index is 0.105. The highest BCUT2D eigenvalue weighted by Gasteiger charge is 2.08. The van der Waals surface area contributed by atoms with Gasteiger partial charge in [0.1, 0.15) is 0 Å². The third kappa shape index (κ3) is 3.57. The first kappa shape index (κ1) is 9.91. The monoisotopic (exact) mass is 173 g/mol. The number of halogens is 1. The van der Waals surface area contributed by atoms with Gasteiger partial charge in [-0.3, -0.25) is 10.1 Å². The molecule has 0 bridgehead atoms. The van der Waals surface area contributed by atoms with E-state index in [2.05, 4.69) is 6.58 Å². The fraction of sp³-hybridized carbons (Fsp3) is 0.143. The molecule has 0 atom stereocenters. The Morgan fingerprint density at radius 3 is 2.55 bits per heavy atom. The summed E-state index contributed by atoms with van der Waals surface area (Å²) in [6.45, 7) is 4.84. The number of allylic oxidation sites excluding steroid dienone is 4. The van der Waals surface area contributed by atoms with Crippen molar-refractivity contribution >= 4 is 11.6 Å². The molecule has 4 heteroatoms. The van der Waals surface area contributed by atoms with Crippen LogP contribution >= 0.6 is 11.6 Å². The lowest BCUT2D eigenvalue weighted by Crippen LogP contribution is -1.96. The molecule has 0 fully saturated rings. The SMILES string of the molecule is C=C/C=C\C(=C(/C)Cl)[N+](=O)[O-].